The molecule has 0 amide bonds. The summed E-state index contributed by atoms with van der Waals surface area (Å²) in [7, 11) is 0. The number of hydrogen-bond donors (Lipinski definition) is 0. The number of anilines is 1. The average molecular weight is 272 g/mol. The number of halogens is 1. The predicted molar refractivity (Wildman–Crippen MR) is 67.8 cm³/mol. The van der Waals surface area contributed by atoms with E-state index < -0.39 is 0 Å². The van der Waals surface area contributed by atoms with Crippen molar-refractivity contribution in [2.24, 2.45) is 0 Å². The summed E-state index contributed by atoms with van der Waals surface area (Å²) >= 11 is 3.46. The van der Waals surface area contributed by atoms with Crippen molar-refractivity contribution in [1.29, 1.82) is 0 Å². The van der Waals surface area contributed by atoms with Gasteiger partial charge in [0.1, 0.15) is 5.82 Å². The monoisotopic (exact) mass is 271 g/mol. The van der Waals surface area contributed by atoms with Gasteiger partial charge >= 0.3 is 0 Å². The first-order chi connectivity index (χ1) is 7.06. The van der Waals surface area contributed by atoms with Crippen LogP contribution in [0.25, 0.3) is 0 Å². The van der Waals surface area contributed by atoms with Gasteiger partial charge in [-0.2, -0.15) is 0 Å². The van der Waals surface area contributed by atoms with Crippen molar-refractivity contribution in [2.45, 2.75) is 33.7 Å². The SMILES string of the molecule is Cc1ncc(N(CCBr)C(C)C)nc1C. The van der Waals surface area contributed by atoms with E-state index in [1.165, 1.54) is 0 Å². The summed E-state index contributed by atoms with van der Waals surface area (Å²) in [5.74, 6) is 0.965. The zero-order valence-corrected chi connectivity index (χ0v) is 11.4. The van der Waals surface area contributed by atoms with Gasteiger partial charge in [0.2, 0.25) is 0 Å². The van der Waals surface area contributed by atoms with Gasteiger partial charge in [0.25, 0.3) is 0 Å². The van der Waals surface area contributed by atoms with Crippen LogP contribution in [0.5, 0.6) is 0 Å². The number of rotatable bonds is 4. The third-order valence-electron chi connectivity index (χ3n) is 2.42. The van der Waals surface area contributed by atoms with Crippen LogP contribution < -0.4 is 4.90 Å². The summed E-state index contributed by atoms with van der Waals surface area (Å²) < 4.78 is 0. The van der Waals surface area contributed by atoms with E-state index in [1.54, 1.807) is 0 Å². The molecule has 1 heterocycles. The maximum atomic E-state index is 4.56. The van der Waals surface area contributed by atoms with Gasteiger partial charge in [0.05, 0.1) is 17.6 Å². The van der Waals surface area contributed by atoms with Crippen LogP contribution in [-0.2, 0) is 0 Å². The van der Waals surface area contributed by atoms with Gasteiger partial charge in [-0.15, -0.1) is 0 Å². The second-order valence-corrected chi connectivity index (χ2v) is 4.67. The van der Waals surface area contributed by atoms with Crippen LogP contribution in [0.1, 0.15) is 25.2 Å². The molecular weight excluding hydrogens is 254 g/mol. The van der Waals surface area contributed by atoms with Gasteiger partial charge < -0.3 is 4.90 Å². The second-order valence-electron chi connectivity index (χ2n) is 3.88. The zero-order chi connectivity index (χ0) is 11.4. The van der Waals surface area contributed by atoms with Crippen LogP contribution in [-0.4, -0.2) is 27.9 Å². The van der Waals surface area contributed by atoms with Crippen molar-refractivity contribution in [2.75, 3.05) is 16.8 Å². The Labute approximate surface area is 100 Å². The first kappa shape index (κ1) is 12.4. The molecule has 0 radical (unpaired) electrons. The molecule has 0 fully saturated rings. The molecule has 4 heteroatoms. The molecule has 0 saturated carbocycles. The number of hydrogen-bond acceptors (Lipinski definition) is 3. The van der Waals surface area contributed by atoms with E-state index in [1.807, 2.05) is 20.0 Å². The Morgan fingerprint density at radius 2 is 2.00 bits per heavy atom. The molecule has 0 aliphatic rings. The zero-order valence-electron chi connectivity index (χ0n) is 9.79. The fraction of sp³-hybridized carbons (Fsp3) is 0.636. The van der Waals surface area contributed by atoms with E-state index >= 15 is 0 Å². The van der Waals surface area contributed by atoms with E-state index in [0.29, 0.717) is 6.04 Å². The van der Waals surface area contributed by atoms with Crippen molar-refractivity contribution < 1.29 is 0 Å². The molecule has 0 saturated heterocycles. The van der Waals surface area contributed by atoms with Gasteiger partial charge in [0.15, 0.2) is 0 Å². The summed E-state index contributed by atoms with van der Waals surface area (Å²) in [6, 6.07) is 0.443. The molecular formula is C11H18BrN3. The maximum Gasteiger partial charge on any atom is 0.147 e. The Hall–Kier alpha value is -0.640. The number of alkyl halides is 1. The Morgan fingerprint density at radius 1 is 1.33 bits per heavy atom. The second kappa shape index (κ2) is 5.45. The summed E-state index contributed by atoms with van der Waals surface area (Å²) in [5.41, 5.74) is 2.01. The van der Waals surface area contributed by atoms with Gasteiger partial charge in [-0.05, 0) is 27.7 Å². The highest BCUT2D eigenvalue weighted by Gasteiger charge is 2.12. The first-order valence-electron chi connectivity index (χ1n) is 5.19. The first-order valence-corrected chi connectivity index (χ1v) is 6.31. The Kier molecular flexibility index (Phi) is 4.51. The summed E-state index contributed by atoms with van der Waals surface area (Å²) in [6.07, 6.45) is 1.85. The molecule has 1 rings (SSSR count). The molecule has 1 aromatic heterocycles. The number of aryl methyl sites for hydroxylation is 2. The van der Waals surface area contributed by atoms with Crippen molar-refractivity contribution in [3.05, 3.63) is 17.6 Å². The molecule has 1 aromatic rings. The molecule has 0 aromatic carbocycles. The lowest BCUT2D eigenvalue weighted by Crippen LogP contribution is -2.33. The molecule has 0 unspecified atom stereocenters. The number of nitrogens with zero attached hydrogens (tertiary/aromatic N) is 3. The van der Waals surface area contributed by atoms with Crippen molar-refractivity contribution in [3.8, 4) is 0 Å². The fourth-order valence-electron chi connectivity index (χ4n) is 1.40. The molecule has 0 bridgehead atoms. The molecule has 3 nitrogen and oxygen atoms in total. The quantitative estimate of drug-likeness (QED) is 0.789. The molecule has 0 aliphatic heterocycles. The summed E-state index contributed by atoms with van der Waals surface area (Å²) in [5, 5.41) is 0.944. The minimum Gasteiger partial charge on any atom is -0.352 e. The minimum atomic E-state index is 0.443. The van der Waals surface area contributed by atoms with Crippen molar-refractivity contribution in [3.63, 3.8) is 0 Å². The third kappa shape index (κ3) is 3.16. The Balaban J connectivity index is 2.95. The third-order valence-corrected chi connectivity index (χ3v) is 2.78. The van der Waals surface area contributed by atoms with E-state index in [4.69, 9.17) is 0 Å². The maximum absolute atomic E-state index is 4.56. The van der Waals surface area contributed by atoms with Gasteiger partial charge in [0, 0.05) is 17.9 Å². The van der Waals surface area contributed by atoms with E-state index in [2.05, 4.69) is 44.6 Å². The van der Waals surface area contributed by atoms with Crippen LogP contribution in [0.3, 0.4) is 0 Å². The predicted octanol–water partition coefficient (Wildman–Crippen LogP) is 2.70. The van der Waals surface area contributed by atoms with Crippen LogP contribution in [0.15, 0.2) is 6.20 Å². The molecule has 84 valence electrons. The molecule has 0 atom stereocenters. The topological polar surface area (TPSA) is 29.0 Å². The standard InChI is InChI=1S/C11H18BrN3/c1-8(2)15(6-5-12)11-7-13-9(3)10(4)14-11/h7-8H,5-6H2,1-4H3. The fourth-order valence-corrected chi connectivity index (χ4v) is 1.78. The van der Waals surface area contributed by atoms with Crippen LogP contribution in [0.4, 0.5) is 5.82 Å². The Morgan fingerprint density at radius 3 is 2.47 bits per heavy atom. The lowest BCUT2D eigenvalue weighted by Gasteiger charge is -2.27. The number of aromatic nitrogens is 2. The normalized spacial score (nSPS) is 10.8. The van der Waals surface area contributed by atoms with E-state index in [-0.39, 0.29) is 0 Å². The van der Waals surface area contributed by atoms with Gasteiger partial charge in [-0.25, -0.2) is 4.98 Å². The van der Waals surface area contributed by atoms with Crippen LogP contribution in [0, 0.1) is 13.8 Å². The lowest BCUT2D eigenvalue weighted by molar-refractivity contribution is 0.693. The van der Waals surface area contributed by atoms with Crippen LogP contribution in [0.2, 0.25) is 0 Å². The smallest absolute Gasteiger partial charge is 0.147 e. The summed E-state index contributed by atoms with van der Waals surface area (Å²) in [6.45, 7) is 9.27. The summed E-state index contributed by atoms with van der Waals surface area (Å²) in [4.78, 5) is 11.1. The highest BCUT2D eigenvalue weighted by atomic mass is 79.9. The highest BCUT2D eigenvalue weighted by molar-refractivity contribution is 9.09. The molecule has 15 heavy (non-hydrogen) atoms. The average Bonchev–Trinajstić information content (AvgIpc) is 2.18. The Bertz CT molecular complexity index is 326. The molecule has 0 aliphatic carbocycles. The molecule has 0 N–H and O–H groups in total. The van der Waals surface area contributed by atoms with Gasteiger partial charge in [-0.3, -0.25) is 4.98 Å². The largest absolute Gasteiger partial charge is 0.352 e. The van der Waals surface area contributed by atoms with E-state index in [0.717, 1.165) is 29.1 Å². The minimum absolute atomic E-state index is 0.443. The van der Waals surface area contributed by atoms with Gasteiger partial charge in [-0.1, -0.05) is 15.9 Å². The van der Waals surface area contributed by atoms with Crippen molar-refractivity contribution >= 4 is 21.7 Å². The molecule has 0 spiro atoms. The lowest BCUT2D eigenvalue weighted by atomic mass is 10.3. The van der Waals surface area contributed by atoms with Crippen molar-refractivity contribution in [1.82, 2.24) is 9.97 Å². The van der Waals surface area contributed by atoms with E-state index in [9.17, 15) is 0 Å². The van der Waals surface area contributed by atoms with Crippen LogP contribution >= 0.6 is 15.9 Å². The highest BCUT2D eigenvalue weighted by Crippen LogP contribution is 2.14.